The zero-order valence-corrected chi connectivity index (χ0v) is 12.8. The van der Waals surface area contributed by atoms with Crippen molar-refractivity contribution in [1.82, 2.24) is 5.32 Å². The largest absolute Gasteiger partial charge is 0.504 e. The molecule has 0 aliphatic heterocycles. The summed E-state index contributed by atoms with van der Waals surface area (Å²) in [5, 5.41) is 12.2. The van der Waals surface area contributed by atoms with E-state index in [-0.39, 0.29) is 18.2 Å². The Hall–Kier alpha value is -2.08. The number of carbonyl (C=O) groups is 1. The Balaban J connectivity index is 2.07. The van der Waals surface area contributed by atoms with Crippen LogP contribution in [0.15, 0.2) is 40.9 Å². The molecule has 4 nitrogen and oxygen atoms in total. The number of halogens is 2. The normalized spacial score (nSPS) is 10.2. The summed E-state index contributed by atoms with van der Waals surface area (Å²) in [7, 11) is 1.45. The van der Waals surface area contributed by atoms with Gasteiger partial charge in [-0.25, -0.2) is 4.39 Å². The van der Waals surface area contributed by atoms with E-state index < -0.39 is 5.82 Å². The van der Waals surface area contributed by atoms with Crippen molar-refractivity contribution in [3.8, 4) is 11.5 Å². The van der Waals surface area contributed by atoms with Crippen LogP contribution < -0.4 is 10.1 Å². The number of nitrogens with one attached hydrogen (secondary N) is 1. The summed E-state index contributed by atoms with van der Waals surface area (Å²) in [5.74, 6) is -0.366. The second-order valence-electron chi connectivity index (χ2n) is 4.31. The summed E-state index contributed by atoms with van der Waals surface area (Å²) >= 11 is 3.15. The third-order valence-corrected chi connectivity index (χ3v) is 3.53. The Morgan fingerprint density at radius 2 is 2.10 bits per heavy atom. The zero-order valence-electron chi connectivity index (χ0n) is 11.2. The van der Waals surface area contributed by atoms with Gasteiger partial charge in [-0.3, -0.25) is 4.79 Å². The van der Waals surface area contributed by atoms with Crippen LogP contribution >= 0.6 is 15.9 Å². The van der Waals surface area contributed by atoms with Crippen molar-refractivity contribution in [3.63, 3.8) is 0 Å². The summed E-state index contributed by atoms with van der Waals surface area (Å²) in [4.78, 5) is 12.0. The molecule has 0 aliphatic rings. The Morgan fingerprint density at radius 1 is 1.33 bits per heavy atom. The van der Waals surface area contributed by atoms with Crippen LogP contribution in [0.5, 0.6) is 11.5 Å². The summed E-state index contributed by atoms with van der Waals surface area (Å²) < 4.78 is 18.4. The highest BCUT2D eigenvalue weighted by Gasteiger charge is 2.11. The van der Waals surface area contributed by atoms with Gasteiger partial charge in [-0.2, -0.15) is 0 Å². The molecule has 0 saturated heterocycles. The number of hydrogen-bond donors (Lipinski definition) is 2. The van der Waals surface area contributed by atoms with Crippen molar-refractivity contribution < 1.29 is 19.0 Å². The number of carbonyl (C=O) groups excluding carboxylic acids is 1. The predicted molar refractivity (Wildman–Crippen MR) is 79.9 cm³/mol. The third kappa shape index (κ3) is 3.72. The van der Waals surface area contributed by atoms with E-state index in [1.807, 2.05) is 0 Å². The van der Waals surface area contributed by atoms with Gasteiger partial charge in [0.05, 0.1) is 12.7 Å². The van der Waals surface area contributed by atoms with Gasteiger partial charge in [0.25, 0.3) is 5.91 Å². The van der Waals surface area contributed by atoms with Crippen LogP contribution in [0.2, 0.25) is 0 Å². The molecule has 0 unspecified atom stereocenters. The number of hydrogen-bond acceptors (Lipinski definition) is 3. The SMILES string of the molecule is COc1cc(CNC(=O)c2ccc(F)cc2Br)ccc1O. The maximum atomic E-state index is 13.0. The fourth-order valence-electron chi connectivity index (χ4n) is 1.78. The topological polar surface area (TPSA) is 58.6 Å². The number of aromatic hydroxyl groups is 1. The molecule has 2 aromatic rings. The van der Waals surface area contributed by atoms with E-state index in [1.165, 1.54) is 31.4 Å². The van der Waals surface area contributed by atoms with Gasteiger partial charge in [0.2, 0.25) is 0 Å². The molecule has 2 aromatic carbocycles. The van der Waals surface area contributed by atoms with Gasteiger partial charge in [0.15, 0.2) is 11.5 Å². The van der Waals surface area contributed by atoms with Crippen LogP contribution in [0.3, 0.4) is 0 Å². The first-order valence-corrected chi connectivity index (χ1v) is 6.89. The molecule has 2 rings (SSSR count). The van der Waals surface area contributed by atoms with Crippen molar-refractivity contribution in [3.05, 3.63) is 57.8 Å². The fraction of sp³-hybridized carbons (Fsp3) is 0.133. The van der Waals surface area contributed by atoms with Gasteiger partial charge in [0, 0.05) is 11.0 Å². The molecule has 0 aromatic heterocycles. The van der Waals surface area contributed by atoms with E-state index in [0.717, 1.165) is 5.56 Å². The molecule has 0 bridgehead atoms. The minimum Gasteiger partial charge on any atom is -0.504 e. The first-order chi connectivity index (χ1) is 10.0. The van der Waals surface area contributed by atoms with E-state index in [0.29, 0.717) is 15.8 Å². The van der Waals surface area contributed by atoms with E-state index in [1.54, 1.807) is 12.1 Å². The molecular formula is C15H13BrFNO3. The number of rotatable bonds is 4. The lowest BCUT2D eigenvalue weighted by Crippen LogP contribution is -2.23. The molecule has 2 N–H and O–H groups in total. The monoisotopic (exact) mass is 353 g/mol. The Bertz CT molecular complexity index is 676. The maximum absolute atomic E-state index is 13.0. The highest BCUT2D eigenvalue weighted by molar-refractivity contribution is 9.10. The highest BCUT2D eigenvalue weighted by atomic mass is 79.9. The molecule has 0 aliphatic carbocycles. The maximum Gasteiger partial charge on any atom is 0.252 e. The quantitative estimate of drug-likeness (QED) is 0.886. The van der Waals surface area contributed by atoms with Crippen molar-refractivity contribution in [2.24, 2.45) is 0 Å². The summed E-state index contributed by atoms with van der Waals surface area (Å²) in [6, 6.07) is 8.68. The van der Waals surface area contributed by atoms with Crippen LogP contribution in [-0.2, 0) is 6.54 Å². The minimum atomic E-state index is -0.415. The second-order valence-corrected chi connectivity index (χ2v) is 5.17. The Kier molecular flexibility index (Phi) is 4.80. The molecule has 110 valence electrons. The van der Waals surface area contributed by atoms with Crippen LogP contribution in [0.25, 0.3) is 0 Å². The molecule has 1 amide bonds. The van der Waals surface area contributed by atoms with E-state index in [4.69, 9.17) is 4.74 Å². The van der Waals surface area contributed by atoms with Gasteiger partial charge < -0.3 is 15.2 Å². The molecule has 0 atom stereocenters. The molecule has 0 saturated carbocycles. The summed E-state index contributed by atoms with van der Waals surface area (Å²) in [5.41, 5.74) is 1.12. The average Bonchev–Trinajstić information content (AvgIpc) is 2.46. The van der Waals surface area contributed by atoms with Crippen LogP contribution in [0, 0.1) is 5.82 Å². The van der Waals surface area contributed by atoms with Gasteiger partial charge in [0.1, 0.15) is 5.82 Å². The van der Waals surface area contributed by atoms with Gasteiger partial charge in [-0.15, -0.1) is 0 Å². The van der Waals surface area contributed by atoms with Gasteiger partial charge in [-0.05, 0) is 51.8 Å². The Labute approximate surface area is 129 Å². The highest BCUT2D eigenvalue weighted by Crippen LogP contribution is 2.26. The van der Waals surface area contributed by atoms with Crippen molar-refractivity contribution in [2.75, 3.05) is 7.11 Å². The summed E-state index contributed by atoms with van der Waals surface area (Å²) in [6.07, 6.45) is 0. The first-order valence-electron chi connectivity index (χ1n) is 6.10. The van der Waals surface area contributed by atoms with E-state index >= 15 is 0 Å². The lowest BCUT2D eigenvalue weighted by molar-refractivity contribution is 0.0950. The summed E-state index contributed by atoms with van der Waals surface area (Å²) in [6.45, 7) is 0.263. The molecule has 0 spiro atoms. The lowest BCUT2D eigenvalue weighted by Gasteiger charge is -2.09. The lowest BCUT2D eigenvalue weighted by atomic mass is 10.1. The minimum absolute atomic E-state index is 0.0360. The molecule has 21 heavy (non-hydrogen) atoms. The average molecular weight is 354 g/mol. The predicted octanol–water partition coefficient (Wildman–Crippen LogP) is 3.23. The van der Waals surface area contributed by atoms with Crippen molar-refractivity contribution in [2.45, 2.75) is 6.54 Å². The molecule has 0 radical (unpaired) electrons. The van der Waals surface area contributed by atoms with Crippen LogP contribution in [-0.4, -0.2) is 18.1 Å². The van der Waals surface area contributed by atoms with Gasteiger partial charge >= 0.3 is 0 Å². The number of phenols is 1. The molecule has 0 heterocycles. The van der Waals surface area contributed by atoms with E-state index in [2.05, 4.69) is 21.2 Å². The van der Waals surface area contributed by atoms with Crippen LogP contribution in [0.1, 0.15) is 15.9 Å². The number of ether oxygens (including phenoxy) is 1. The second kappa shape index (κ2) is 6.58. The molecular weight excluding hydrogens is 341 g/mol. The zero-order chi connectivity index (χ0) is 15.4. The van der Waals surface area contributed by atoms with Gasteiger partial charge in [-0.1, -0.05) is 6.07 Å². The van der Waals surface area contributed by atoms with Crippen LogP contribution in [0.4, 0.5) is 4.39 Å². The fourth-order valence-corrected chi connectivity index (χ4v) is 2.31. The number of methoxy groups -OCH3 is 1. The third-order valence-electron chi connectivity index (χ3n) is 2.87. The first kappa shape index (κ1) is 15.3. The standard InChI is InChI=1S/C15H13BrFNO3/c1-21-14-6-9(2-5-13(14)19)8-18-15(20)11-4-3-10(17)7-12(11)16/h2-7,19H,8H2,1H3,(H,18,20). The molecule has 0 fully saturated rings. The Morgan fingerprint density at radius 3 is 2.76 bits per heavy atom. The molecule has 6 heteroatoms. The number of phenolic OH excluding ortho intramolecular Hbond substituents is 1. The smallest absolute Gasteiger partial charge is 0.252 e. The number of benzene rings is 2. The number of amides is 1. The van der Waals surface area contributed by atoms with E-state index in [9.17, 15) is 14.3 Å². The van der Waals surface area contributed by atoms with Crippen molar-refractivity contribution >= 4 is 21.8 Å². The van der Waals surface area contributed by atoms with Crippen molar-refractivity contribution in [1.29, 1.82) is 0 Å².